The zero-order valence-electron chi connectivity index (χ0n) is 20.6. The Hall–Kier alpha value is -5.30. The number of benzene rings is 3. The summed E-state index contributed by atoms with van der Waals surface area (Å²) in [5, 5.41) is 30.8. The minimum absolute atomic E-state index is 0.0527. The van der Waals surface area contributed by atoms with E-state index in [-0.39, 0.29) is 6.42 Å². The highest BCUT2D eigenvalue weighted by molar-refractivity contribution is 6.30. The van der Waals surface area contributed by atoms with Gasteiger partial charge in [-0.05, 0) is 81.9 Å². The van der Waals surface area contributed by atoms with E-state index in [4.69, 9.17) is 11.6 Å². The summed E-state index contributed by atoms with van der Waals surface area (Å²) in [7, 11) is 0. The Morgan fingerprint density at radius 2 is 1.95 bits per heavy atom. The minimum Gasteiger partial charge on any atom is -0.340 e. The number of aromatic amines is 1. The molecule has 0 aliphatic carbocycles. The number of nitrogens with one attached hydrogen (secondary N) is 3. The number of nitrogens with zero attached hydrogens (tertiary/aromatic N) is 7. The van der Waals surface area contributed by atoms with E-state index in [9.17, 15) is 14.0 Å². The molecule has 0 aliphatic rings. The molecule has 2 heterocycles. The van der Waals surface area contributed by atoms with Crippen molar-refractivity contribution >= 4 is 35.2 Å². The third-order valence-electron chi connectivity index (χ3n) is 5.72. The summed E-state index contributed by atoms with van der Waals surface area (Å²) in [5.74, 6) is -1.08. The van der Waals surface area contributed by atoms with E-state index in [0.29, 0.717) is 38.9 Å². The first kappa shape index (κ1) is 26.3. The number of carbonyl (C=O) groups excluding carboxylic acids is 2. The van der Waals surface area contributed by atoms with E-state index in [1.807, 2.05) is 0 Å². The Morgan fingerprint density at radius 1 is 1.10 bits per heavy atom. The molecule has 3 N–H and O–H groups in total. The smallest absolute Gasteiger partial charge is 0.247 e. The maximum Gasteiger partial charge on any atom is 0.247 e. The van der Waals surface area contributed by atoms with Crippen LogP contribution >= 0.6 is 11.6 Å². The molecule has 0 saturated carbocycles. The standard InChI is InChI=1S/C26H20ClFN10O2/c27-19-7-10-23(38-15-29-34-37-38)18(14-19)6-11-24(39)31-22(13-16-2-1-3-20(28)12-16)26(40)30-21-8-4-17(5-9-21)25-32-35-36-33-25/h1-12,14-15,22H,13H2,(H,30,40)(H,31,39)(H,32,33,35,36)/t22-/m0/s1. The summed E-state index contributed by atoms with van der Waals surface area (Å²) in [6.45, 7) is 0. The molecule has 14 heteroatoms. The topological polar surface area (TPSA) is 156 Å². The molecule has 0 spiro atoms. The Kier molecular flexibility index (Phi) is 7.92. The van der Waals surface area contributed by atoms with Gasteiger partial charge in [0.05, 0.1) is 5.69 Å². The lowest BCUT2D eigenvalue weighted by Crippen LogP contribution is -2.44. The number of rotatable bonds is 9. The highest BCUT2D eigenvalue weighted by atomic mass is 35.5. The third kappa shape index (κ3) is 6.57. The van der Waals surface area contributed by atoms with Crippen molar-refractivity contribution < 1.29 is 14.0 Å². The number of aromatic nitrogens is 8. The van der Waals surface area contributed by atoms with Crippen molar-refractivity contribution in [2.45, 2.75) is 12.5 Å². The molecule has 5 rings (SSSR count). The Balaban J connectivity index is 1.33. The average molecular weight is 559 g/mol. The largest absolute Gasteiger partial charge is 0.340 e. The molecule has 3 aromatic carbocycles. The molecule has 0 bridgehead atoms. The van der Waals surface area contributed by atoms with E-state index in [1.54, 1.807) is 48.5 Å². The van der Waals surface area contributed by atoms with Gasteiger partial charge in [-0.1, -0.05) is 23.7 Å². The van der Waals surface area contributed by atoms with E-state index in [0.717, 1.165) is 0 Å². The zero-order chi connectivity index (χ0) is 27.9. The van der Waals surface area contributed by atoms with Gasteiger partial charge in [-0.3, -0.25) is 9.59 Å². The number of amides is 2. The predicted molar refractivity (Wildman–Crippen MR) is 143 cm³/mol. The van der Waals surface area contributed by atoms with Gasteiger partial charge >= 0.3 is 0 Å². The van der Waals surface area contributed by atoms with E-state index < -0.39 is 23.7 Å². The van der Waals surface area contributed by atoms with Gasteiger partial charge in [-0.25, -0.2) is 4.39 Å². The molecule has 0 radical (unpaired) electrons. The van der Waals surface area contributed by atoms with Crippen LogP contribution in [0.2, 0.25) is 5.02 Å². The summed E-state index contributed by atoms with van der Waals surface area (Å²) >= 11 is 6.15. The summed E-state index contributed by atoms with van der Waals surface area (Å²) in [5.41, 5.74) is 2.88. The first-order chi connectivity index (χ1) is 19.4. The van der Waals surface area contributed by atoms with Crippen molar-refractivity contribution in [2.75, 3.05) is 5.32 Å². The number of hydrogen-bond acceptors (Lipinski definition) is 8. The molecule has 0 saturated heterocycles. The van der Waals surface area contributed by atoms with Crippen molar-refractivity contribution in [1.82, 2.24) is 46.1 Å². The molecular formula is C26H20ClFN10O2. The van der Waals surface area contributed by atoms with Crippen molar-refractivity contribution in [2.24, 2.45) is 0 Å². The molecule has 2 aromatic heterocycles. The SMILES string of the molecule is O=C(C=Cc1cc(Cl)ccc1-n1cnnn1)N[C@@H](Cc1cccc(F)c1)C(=O)Nc1ccc(-c2nn[nH]n2)cc1. The quantitative estimate of drug-likeness (QED) is 0.233. The Labute approximate surface area is 231 Å². The molecule has 0 unspecified atom stereocenters. The van der Waals surface area contributed by atoms with Gasteiger partial charge in [-0.15, -0.1) is 15.3 Å². The molecule has 0 aliphatic heterocycles. The second-order valence-electron chi connectivity index (χ2n) is 8.49. The maximum absolute atomic E-state index is 13.8. The minimum atomic E-state index is -1.02. The fraction of sp³-hybridized carbons (Fsp3) is 0.0769. The second-order valence-corrected chi connectivity index (χ2v) is 8.92. The summed E-state index contributed by atoms with van der Waals surface area (Å²) in [6.07, 6.45) is 4.27. The van der Waals surface area contributed by atoms with Gasteiger partial charge in [0.25, 0.3) is 0 Å². The number of hydrogen-bond donors (Lipinski definition) is 3. The lowest BCUT2D eigenvalue weighted by Gasteiger charge is -2.18. The predicted octanol–water partition coefficient (Wildman–Crippen LogP) is 3.01. The molecule has 5 aromatic rings. The van der Waals surface area contributed by atoms with Crippen molar-refractivity contribution in [3.63, 3.8) is 0 Å². The fourth-order valence-electron chi connectivity index (χ4n) is 3.85. The van der Waals surface area contributed by atoms with Gasteiger partial charge < -0.3 is 10.6 Å². The highest BCUT2D eigenvalue weighted by Gasteiger charge is 2.21. The first-order valence-electron chi connectivity index (χ1n) is 11.9. The number of carbonyl (C=O) groups is 2. The van der Waals surface area contributed by atoms with Crippen molar-refractivity contribution in [1.29, 1.82) is 0 Å². The second kappa shape index (κ2) is 12.0. The first-order valence-corrected chi connectivity index (χ1v) is 12.2. The molecule has 40 heavy (non-hydrogen) atoms. The van der Waals surface area contributed by atoms with Crippen LogP contribution in [0.5, 0.6) is 0 Å². The fourth-order valence-corrected chi connectivity index (χ4v) is 4.03. The molecule has 12 nitrogen and oxygen atoms in total. The van der Waals surface area contributed by atoms with E-state index in [1.165, 1.54) is 41.4 Å². The summed E-state index contributed by atoms with van der Waals surface area (Å²) in [6, 6.07) is 16.6. The van der Waals surface area contributed by atoms with Crippen molar-refractivity contribution in [3.8, 4) is 17.1 Å². The van der Waals surface area contributed by atoms with Crippen LogP contribution in [0.3, 0.4) is 0 Å². The molecule has 2 amide bonds. The maximum atomic E-state index is 13.8. The highest BCUT2D eigenvalue weighted by Crippen LogP contribution is 2.21. The number of anilines is 1. The molecule has 1 atom stereocenters. The number of halogens is 2. The van der Waals surface area contributed by atoms with E-state index >= 15 is 0 Å². The van der Waals surface area contributed by atoms with Gasteiger partial charge in [0, 0.05) is 34.3 Å². The summed E-state index contributed by atoms with van der Waals surface area (Å²) in [4.78, 5) is 26.2. The Morgan fingerprint density at radius 3 is 2.67 bits per heavy atom. The van der Waals surface area contributed by atoms with Crippen LogP contribution in [0, 0.1) is 5.82 Å². The monoisotopic (exact) mass is 558 g/mol. The molecule has 200 valence electrons. The normalized spacial score (nSPS) is 11.8. The van der Waals surface area contributed by atoms with Crippen LogP contribution in [-0.2, 0) is 16.0 Å². The lowest BCUT2D eigenvalue weighted by molar-refractivity contribution is -0.123. The van der Waals surface area contributed by atoms with Crippen LogP contribution in [0.1, 0.15) is 11.1 Å². The van der Waals surface area contributed by atoms with Crippen LogP contribution in [0.25, 0.3) is 23.2 Å². The van der Waals surface area contributed by atoms with Gasteiger partial charge in [0.1, 0.15) is 18.2 Å². The van der Waals surface area contributed by atoms with Crippen LogP contribution in [0.15, 0.2) is 79.1 Å². The number of H-pyrrole nitrogens is 1. The van der Waals surface area contributed by atoms with Gasteiger partial charge in [-0.2, -0.15) is 9.90 Å². The molecule has 0 fully saturated rings. The van der Waals surface area contributed by atoms with Crippen LogP contribution in [-0.4, -0.2) is 58.7 Å². The lowest BCUT2D eigenvalue weighted by atomic mass is 10.0. The number of tetrazole rings is 2. The molecular weight excluding hydrogens is 539 g/mol. The Bertz CT molecular complexity index is 1640. The van der Waals surface area contributed by atoms with Crippen LogP contribution < -0.4 is 10.6 Å². The van der Waals surface area contributed by atoms with Crippen LogP contribution in [0.4, 0.5) is 10.1 Å². The average Bonchev–Trinajstić information content (AvgIpc) is 3.67. The van der Waals surface area contributed by atoms with Gasteiger partial charge in [0.15, 0.2) is 0 Å². The van der Waals surface area contributed by atoms with Gasteiger partial charge in [0.2, 0.25) is 17.6 Å². The van der Waals surface area contributed by atoms with E-state index in [2.05, 4.69) is 46.8 Å². The summed E-state index contributed by atoms with van der Waals surface area (Å²) < 4.78 is 15.3. The third-order valence-corrected chi connectivity index (χ3v) is 5.95. The zero-order valence-corrected chi connectivity index (χ0v) is 21.3. The van der Waals surface area contributed by atoms with Crippen molar-refractivity contribution in [3.05, 3.63) is 101 Å².